The summed E-state index contributed by atoms with van der Waals surface area (Å²) in [7, 11) is 0. The van der Waals surface area contributed by atoms with Crippen molar-refractivity contribution in [3.05, 3.63) is 23.7 Å². The first-order chi connectivity index (χ1) is 8.93. The predicted octanol–water partition coefficient (Wildman–Crippen LogP) is 4.22. The molecule has 18 heavy (non-hydrogen) atoms. The Bertz CT molecular complexity index is 365. The van der Waals surface area contributed by atoms with Crippen LogP contribution in [0.3, 0.4) is 0 Å². The van der Waals surface area contributed by atoms with Crippen LogP contribution in [0.4, 0.5) is 0 Å². The number of aryl methyl sites for hydroxylation is 1. The van der Waals surface area contributed by atoms with Gasteiger partial charge < -0.3 is 9.73 Å². The summed E-state index contributed by atoms with van der Waals surface area (Å²) in [6, 6.07) is 2.71. The monoisotopic (exact) mass is 247 g/mol. The van der Waals surface area contributed by atoms with Crippen molar-refractivity contribution in [3.63, 3.8) is 0 Å². The Morgan fingerprint density at radius 2 is 2.06 bits per heavy atom. The van der Waals surface area contributed by atoms with Crippen molar-refractivity contribution in [2.75, 3.05) is 6.54 Å². The summed E-state index contributed by atoms with van der Waals surface area (Å²) >= 11 is 0. The molecule has 1 saturated carbocycles. The van der Waals surface area contributed by atoms with Gasteiger partial charge in [0.05, 0.1) is 6.26 Å². The van der Waals surface area contributed by atoms with Gasteiger partial charge in [-0.1, -0.05) is 25.7 Å². The van der Waals surface area contributed by atoms with Gasteiger partial charge in [-0.2, -0.15) is 0 Å². The van der Waals surface area contributed by atoms with Gasteiger partial charge in [0, 0.05) is 18.0 Å². The second-order valence-corrected chi connectivity index (χ2v) is 5.99. The molecule has 0 radical (unpaired) electrons. The molecule has 1 aromatic rings. The lowest BCUT2D eigenvalue weighted by Crippen LogP contribution is -2.25. The van der Waals surface area contributed by atoms with E-state index in [-0.39, 0.29) is 0 Å². The molecule has 2 heteroatoms. The van der Waals surface area contributed by atoms with Crippen LogP contribution in [0.15, 0.2) is 16.7 Å². The summed E-state index contributed by atoms with van der Waals surface area (Å²) < 4.78 is 5.53. The molecule has 1 aromatic heterocycles. The molecule has 0 saturated heterocycles. The molecule has 1 fully saturated rings. The highest BCUT2D eigenvalue weighted by Gasteiger charge is 2.22. The first-order valence-electron chi connectivity index (χ1n) is 7.73. The van der Waals surface area contributed by atoms with Crippen LogP contribution in [-0.2, 0) is 6.42 Å². The number of hydrogen-bond donors (Lipinski definition) is 1. The van der Waals surface area contributed by atoms with Crippen molar-refractivity contribution in [3.8, 4) is 0 Å². The third-order valence-corrected chi connectivity index (χ3v) is 4.71. The van der Waals surface area contributed by atoms with Gasteiger partial charge in [0.2, 0.25) is 0 Å². The second kappa shape index (κ2) is 5.92. The fraction of sp³-hybridized carbons (Fsp3) is 0.750. The van der Waals surface area contributed by atoms with Gasteiger partial charge in [0.1, 0.15) is 5.76 Å². The van der Waals surface area contributed by atoms with E-state index >= 15 is 0 Å². The molecule has 1 atom stereocenters. The number of nitrogens with one attached hydrogen (secondary N) is 1. The highest BCUT2D eigenvalue weighted by Crippen LogP contribution is 2.31. The fourth-order valence-corrected chi connectivity index (χ4v) is 3.66. The van der Waals surface area contributed by atoms with E-state index in [1.807, 2.05) is 6.26 Å². The normalized spacial score (nSPS) is 24.3. The molecule has 2 nitrogen and oxygen atoms in total. The standard InChI is InChI=1S/C16H25NO/c1-2-6-13(5-1)7-4-11-17-15-8-3-9-16-14(15)10-12-18-16/h10,12-13,15,17H,1-9,11H2. The van der Waals surface area contributed by atoms with Crippen LogP contribution >= 0.6 is 0 Å². The van der Waals surface area contributed by atoms with Crippen molar-refractivity contribution in [1.29, 1.82) is 0 Å². The van der Waals surface area contributed by atoms with Gasteiger partial charge >= 0.3 is 0 Å². The third kappa shape index (κ3) is 2.80. The smallest absolute Gasteiger partial charge is 0.108 e. The summed E-state index contributed by atoms with van der Waals surface area (Å²) in [5.74, 6) is 2.25. The summed E-state index contributed by atoms with van der Waals surface area (Å²) in [4.78, 5) is 0. The molecule has 1 heterocycles. The van der Waals surface area contributed by atoms with E-state index in [4.69, 9.17) is 4.42 Å². The first kappa shape index (κ1) is 12.3. The Balaban J connectivity index is 1.41. The molecule has 1 N–H and O–H groups in total. The number of rotatable bonds is 5. The van der Waals surface area contributed by atoms with Gasteiger partial charge in [-0.15, -0.1) is 0 Å². The topological polar surface area (TPSA) is 25.2 Å². The molecule has 0 spiro atoms. The number of furan rings is 1. The quantitative estimate of drug-likeness (QED) is 0.788. The number of fused-ring (bicyclic) bond motifs is 1. The van der Waals surface area contributed by atoms with E-state index in [0.717, 1.165) is 12.3 Å². The lowest BCUT2D eigenvalue weighted by Gasteiger charge is -2.23. The highest BCUT2D eigenvalue weighted by molar-refractivity contribution is 5.23. The Morgan fingerprint density at radius 1 is 1.17 bits per heavy atom. The van der Waals surface area contributed by atoms with E-state index < -0.39 is 0 Å². The van der Waals surface area contributed by atoms with Gasteiger partial charge in [-0.25, -0.2) is 0 Å². The molecule has 0 bridgehead atoms. The van der Waals surface area contributed by atoms with Crippen LogP contribution in [0.1, 0.15) is 68.7 Å². The molecule has 2 aliphatic rings. The minimum Gasteiger partial charge on any atom is -0.469 e. The lowest BCUT2D eigenvalue weighted by atomic mass is 9.93. The largest absolute Gasteiger partial charge is 0.469 e. The predicted molar refractivity (Wildman–Crippen MR) is 73.6 cm³/mol. The molecule has 1 unspecified atom stereocenters. The maximum absolute atomic E-state index is 5.53. The average molecular weight is 247 g/mol. The summed E-state index contributed by atoms with van der Waals surface area (Å²) in [6.45, 7) is 1.17. The summed E-state index contributed by atoms with van der Waals surface area (Å²) in [5.41, 5.74) is 1.42. The minimum absolute atomic E-state index is 0.552. The van der Waals surface area contributed by atoms with Crippen LogP contribution in [0, 0.1) is 5.92 Å². The molecule has 0 aliphatic heterocycles. The average Bonchev–Trinajstić information content (AvgIpc) is 3.05. The van der Waals surface area contributed by atoms with Crippen molar-refractivity contribution >= 4 is 0 Å². The molecule has 3 rings (SSSR count). The van der Waals surface area contributed by atoms with Crippen LogP contribution in [-0.4, -0.2) is 6.54 Å². The molecule has 0 amide bonds. The van der Waals surface area contributed by atoms with Crippen molar-refractivity contribution < 1.29 is 4.42 Å². The molecular formula is C16H25NO. The van der Waals surface area contributed by atoms with Gasteiger partial charge in [-0.3, -0.25) is 0 Å². The molecule has 100 valence electrons. The van der Waals surface area contributed by atoms with E-state index in [1.165, 1.54) is 69.2 Å². The molecule has 2 aliphatic carbocycles. The van der Waals surface area contributed by atoms with Crippen LogP contribution in [0.2, 0.25) is 0 Å². The Labute approximate surface area is 110 Å². The van der Waals surface area contributed by atoms with Crippen LogP contribution in [0.25, 0.3) is 0 Å². The number of hydrogen-bond acceptors (Lipinski definition) is 2. The molecule has 0 aromatic carbocycles. The van der Waals surface area contributed by atoms with E-state index in [2.05, 4.69) is 11.4 Å². The van der Waals surface area contributed by atoms with Crippen LogP contribution < -0.4 is 5.32 Å². The summed E-state index contributed by atoms with van der Waals surface area (Å²) in [5, 5.41) is 3.73. The minimum atomic E-state index is 0.552. The van der Waals surface area contributed by atoms with Gasteiger partial charge in [-0.05, 0) is 44.2 Å². The Kier molecular flexibility index (Phi) is 4.04. The zero-order valence-corrected chi connectivity index (χ0v) is 11.3. The van der Waals surface area contributed by atoms with Crippen LogP contribution in [0.5, 0.6) is 0 Å². The fourth-order valence-electron chi connectivity index (χ4n) is 3.66. The zero-order chi connectivity index (χ0) is 12.2. The highest BCUT2D eigenvalue weighted by atomic mass is 16.3. The van der Waals surface area contributed by atoms with E-state index in [1.54, 1.807) is 0 Å². The van der Waals surface area contributed by atoms with Gasteiger partial charge in [0.25, 0.3) is 0 Å². The molecular weight excluding hydrogens is 222 g/mol. The van der Waals surface area contributed by atoms with E-state index in [0.29, 0.717) is 6.04 Å². The summed E-state index contributed by atoms with van der Waals surface area (Å²) in [6.07, 6.45) is 14.2. The first-order valence-corrected chi connectivity index (χ1v) is 7.73. The van der Waals surface area contributed by atoms with Crippen molar-refractivity contribution in [1.82, 2.24) is 5.32 Å². The lowest BCUT2D eigenvalue weighted by molar-refractivity contribution is 0.397. The second-order valence-electron chi connectivity index (χ2n) is 5.99. The van der Waals surface area contributed by atoms with Gasteiger partial charge in [0.15, 0.2) is 0 Å². The maximum Gasteiger partial charge on any atom is 0.108 e. The Hall–Kier alpha value is -0.760. The van der Waals surface area contributed by atoms with E-state index in [9.17, 15) is 0 Å². The van der Waals surface area contributed by atoms with Crippen molar-refractivity contribution in [2.24, 2.45) is 5.92 Å². The van der Waals surface area contributed by atoms with Crippen molar-refractivity contribution in [2.45, 2.75) is 63.8 Å². The zero-order valence-electron chi connectivity index (χ0n) is 11.3. The third-order valence-electron chi connectivity index (χ3n) is 4.71. The maximum atomic E-state index is 5.53. The Morgan fingerprint density at radius 3 is 2.94 bits per heavy atom. The SMILES string of the molecule is c1cc2c(o1)CCCC2NCCCC1CCCC1.